The van der Waals surface area contributed by atoms with Crippen molar-refractivity contribution in [2.75, 3.05) is 24.6 Å². The third-order valence-electron chi connectivity index (χ3n) is 5.88. The van der Waals surface area contributed by atoms with E-state index in [4.69, 9.17) is 9.84 Å². The molecule has 1 saturated heterocycles. The Morgan fingerprint density at radius 3 is 2.59 bits per heavy atom. The number of aryl methyl sites for hydroxylation is 1. The van der Waals surface area contributed by atoms with E-state index in [0.717, 1.165) is 29.8 Å². The van der Waals surface area contributed by atoms with Crippen LogP contribution >= 0.6 is 0 Å². The summed E-state index contributed by atoms with van der Waals surface area (Å²) < 4.78 is 5.69. The highest BCUT2D eigenvalue weighted by Gasteiger charge is 2.19. The number of rotatable bonds is 10. The normalized spacial score (nSPS) is 14.6. The van der Waals surface area contributed by atoms with Crippen molar-refractivity contribution in [3.63, 3.8) is 0 Å². The van der Waals surface area contributed by atoms with Crippen LogP contribution in [0.3, 0.4) is 0 Å². The second-order valence-electron chi connectivity index (χ2n) is 8.34. The highest BCUT2D eigenvalue weighted by molar-refractivity contribution is 5.79. The molecule has 0 spiro atoms. The number of hydrogen-bond donors (Lipinski definition) is 2. The fourth-order valence-electron chi connectivity index (χ4n) is 4.28. The Hall–Kier alpha value is -3.02. The van der Waals surface area contributed by atoms with Crippen LogP contribution in [0, 0.1) is 0 Å². The van der Waals surface area contributed by atoms with Crippen LogP contribution in [0.25, 0.3) is 0 Å². The third kappa shape index (κ3) is 6.49. The second-order valence-corrected chi connectivity index (χ2v) is 8.34. The van der Waals surface area contributed by atoms with E-state index in [1.807, 2.05) is 38.1 Å². The van der Waals surface area contributed by atoms with Gasteiger partial charge in [0.05, 0.1) is 19.1 Å². The van der Waals surface area contributed by atoms with Gasteiger partial charge in [-0.05, 0) is 68.4 Å². The summed E-state index contributed by atoms with van der Waals surface area (Å²) in [5, 5.41) is 12.1. The van der Waals surface area contributed by atoms with Crippen molar-refractivity contribution in [1.82, 2.24) is 5.32 Å². The van der Waals surface area contributed by atoms with Crippen molar-refractivity contribution in [2.45, 2.75) is 58.4 Å². The summed E-state index contributed by atoms with van der Waals surface area (Å²) in [6.45, 7) is 6.53. The molecule has 2 N–H and O–H groups in total. The first-order chi connectivity index (χ1) is 15.5. The quantitative estimate of drug-likeness (QED) is 0.571. The topological polar surface area (TPSA) is 78.9 Å². The lowest BCUT2D eigenvalue weighted by atomic mass is 10.0. The summed E-state index contributed by atoms with van der Waals surface area (Å²) in [4.78, 5) is 26.1. The molecule has 1 atom stereocenters. The molecule has 0 bridgehead atoms. The highest BCUT2D eigenvalue weighted by atomic mass is 16.5. The molecule has 2 aromatic rings. The number of nitrogens with one attached hydrogen (secondary N) is 1. The van der Waals surface area contributed by atoms with E-state index in [0.29, 0.717) is 18.8 Å². The minimum Gasteiger partial charge on any atom is -0.494 e. The van der Waals surface area contributed by atoms with Crippen molar-refractivity contribution in [3.05, 3.63) is 59.2 Å². The molecule has 0 radical (unpaired) electrons. The molecule has 0 aliphatic carbocycles. The number of carbonyl (C=O) groups is 2. The number of para-hydroxylation sites is 1. The predicted octanol–water partition coefficient (Wildman–Crippen LogP) is 4.51. The largest absolute Gasteiger partial charge is 0.494 e. The van der Waals surface area contributed by atoms with Gasteiger partial charge in [0.15, 0.2) is 0 Å². The molecule has 1 unspecified atom stereocenters. The molecule has 2 aromatic carbocycles. The zero-order valence-electron chi connectivity index (χ0n) is 19.1. The SMILES string of the molecule is CCOc1cc(CC(=O)NC(C)c2ccccc2N2CCCCC2)ccc1CCC(=O)O. The first-order valence-corrected chi connectivity index (χ1v) is 11.6. The van der Waals surface area contributed by atoms with Crippen LogP contribution in [0.4, 0.5) is 5.69 Å². The summed E-state index contributed by atoms with van der Waals surface area (Å²) in [6.07, 6.45) is 4.40. The van der Waals surface area contributed by atoms with Crippen molar-refractivity contribution in [1.29, 1.82) is 0 Å². The van der Waals surface area contributed by atoms with Crippen molar-refractivity contribution >= 4 is 17.6 Å². The summed E-state index contributed by atoms with van der Waals surface area (Å²) in [7, 11) is 0. The molecular weight excluding hydrogens is 404 g/mol. The van der Waals surface area contributed by atoms with Gasteiger partial charge in [0.2, 0.25) is 5.91 Å². The Kier molecular flexibility index (Phi) is 8.54. The first kappa shape index (κ1) is 23.6. The number of benzene rings is 2. The minimum atomic E-state index is -0.838. The van der Waals surface area contributed by atoms with Gasteiger partial charge in [-0.3, -0.25) is 9.59 Å². The predicted molar refractivity (Wildman–Crippen MR) is 126 cm³/mol. The van der Waals surface area contributed by atoms with Crippen LogP contribution in [0.15, 0.2) is 42.5 Å². The number of ether oxygens (including phenoxy) is 1. The molecular formula is C26H34N2O4. The van der Waals surface area contributed by atoms with E-state index in [9.17, 15) is 9.59 Å². The molecule has 1 aliphatic rings. The summed E-state index contributed by atoms with van der Waals surface area (Å²) in [5.74, 6) is -0.232. The molecule has 0 aromatic heterocycles. The molecule has 1 heterocycles. The van der Waals surface area contributed by atoms with Gasteiger partial charge in [0, 0.05) is 25.2 Å². The van der Waals surface area contributed by atoms with Crippen LogP contribution in [-0.2, 0) is 22.4 Å². The number of piperidine rings is 1. The molecule has 3 rings (SSSR count). The van der Waals surface area contributed by atoms with Gasteiger partial charge in [0.25, 0.3) is 0 Å². The molecule has 6 nitrogen and oxygen atoms in total. The Labute approximate surface area is 190 Å². The lowest BCUT2D eigenvalue weighted by Crippen LogP contribution is -2.33. The smallest absolute Gasteiger partial charge is 0.303 e. The molecule has 172 valence electrons. The first-order valence-electron chi connectivity index (χ1n) is 11.6. The van der Waals surface area contributed by atoms with Crippen molar-refractivity contribution in [3.8, 4) is 5.75 Å². The highest BCUT2D eigenvalue weighted by Crippen LogP contribution is 2.29. The van der Waals surface area contributed by atoms with E-state index in [2.05, 4.69) is 28.4 Å². The maximum absolute atomic E-state index is 12.8. The van der Waals surface area contributed by atoms with E-state index in [1.165, 1.54) is 24.9 Å². The number of nitrogens with zero attached hydrogens (tertiary/aromatic N) is 1. The summed E-state index contributed by atoms with van der Waals surface area (Å²) in [5.41, 5.74) is 4.05. The Morgan fingerprint density at radius 1 is 1.12 bits per heavy atom. The minimum absolute atomic E-state index is 0.0494. The van der Waals surface area contributed by atoms with Gasteiger partial charge in [-0.2, -0.15) is 0 Å². The molecule has 0 saturated carbocycles. The number of aliphatic carboxylic acids is 1. The Balaban J connectivity index is 1.66. The molecule has 1 amide bonds. The Bertz CT molecular complexity index is 922. The lowest BCUT2D eigenvalue weighted by molar-refractivity contribution is -0.137. The average Bonchev–Trinajstić information content (AvgIpc) is 2.79. The van der Waals surface area contributed by atoms with Gasteiger partial charge in [-0.1, -0.05) is 30.3 Å². The monoisotopic (exact) mass is 438 g/mol. The van der Waals surface area contributed by atoms with E-state index >= 15 is 0 Å². The van der Waals surface area contributed by atoms with E-state index in [1.54, 1.807) is 0 Å². The average molecular weight is 439 g/mol. The number of carboxylic acids is 1. The van der Waals surface area contributed by atoms with Crippen LogP contribution in [0.5, 0.6) is 5.75 Å². The maximum Gasteiger partial charge on any atom is 0.303 e. The van der Waals surface area contributed by atoms with Crippen molar-refractivity contribution < 1.29 is 19.4 Å². The maximum atomic E-state index is 12.8. The van der Waals surface area contributed by atoms with Gasteiger partial charge in [-0.25, -0.2) is 0 Å². The third-order valence-corrected chi connectivity index (χ3v) is 5.88. The van der Waals surface area contributed by atoms with E-state index < -0.39 is 5.97 Å². The van der Waals surface area contributed by atoms with E-state index in [-0.39, 0.29) is 24.8 Å². The van der Waals surface area contributed by atoms with Crippen LogP contribution in [0.2, 0.25) is 0 Å². The molecule has 1 fully saturated rings. The van der Waals surface area contributed by atoms with Gasteiger partial charge in [0.1, 0.15) is 5.75 Å². The molecule has 6 heteroatoms. The zero-order valence-corrected chi connectivity index (χ0v) is 19.1. The van der Waals surface area contributed by atoms with Crippen LogP contribution in [-0.4, -0.2) is 36.7 Å². The summed E-state index contributed by atoms with van der Waals surface area (Å²) >= 11 is 0. The molecule has 1 aliphatic heterocycles. The van der Waals surface area contributed by atoms with Crippen LogP contribution < -0.4 is 15.0 Å². The number of carboxylic acid groups (broad SMARTS) is 1. The standard InChI is InChI=1S/C26H34N2O4/c1-3-32-24-17-20(11-12-21(24)13-14-26(30)31)18-25(29)27-19(2)22-9-5-6-10-23(22)28-15-7-4-8-16-28/h5-6,9-12,17,19H,3-4,7-8,13-16,18H2,1-2H3,(H,27,29)(H,30,31). The Morgan fingerprint density at radius 2 is 1.88 bits per heavy atom. The van der Waals surface area contributed by atoms with Crippen LogP contribution in [0.1, 0.15) is 62.3 Å². The van der Waals surface area contributed by atoms with Crippen molar-refractivity contribution in [2.24, 2.45) is 0 Å². The van der Waals surface area contributed by atoms with Gasteiger partial charge >= 0.3 is 5.97 Å². The fourth-order valence-corrected chi connectivity index (χ4v) is 4.28. The second kappa shape index (κ2) is 11.6. The van der Waals surface area contributed by atoms with Gasteiger partial charge < -0.3 is 20.1 Å². The summed E-state index contributed by atoms with van der Waals surface area (Å²) in [6, 6.07) is 13.8. The van der Waals surface area contributed by atoms with Gasteiger partial charge in [-0.15, -0.1) is 0 Å². The number of anilines is 1. The number of amides is 1. The lowest BCUT2D eigenvalue weighted by Gasteiger charge is -2.32. The fraction of sp³-hybridized carbons (Fsp3) is 0.462. The molecule has 32 heavy (non-hydrogen) atoms. The number of hydrogen-bond acceptors (Lipinski definition) is 4. The zero-order chi connectivity index (χ0) is 22.9. The number of carbonyl (C=O) groups excluding carboxylic acids is 1.